The molecule has 5 rings (SSSR count). The van der Waals surface area contributed by atoms with Gasteiger partial charge in [0.25, 0.3) is 0 Å². The van der Waals surface area contributed by atoms with E-state index in [9.17, 15) is 5.11 Å². The van der Waals surface area contributed by atoms with Crippen LogP contribution in [0.2, 0.25) is 10.0 Å². The van der Waals surface area contributed by atoms with Gasteiger partial charge in [-0.15, -0.1) is 0 Å². The Morgan fingerprint density at radius 1 is 0.889 bits per heavy atom. The summed E-state index contributed by atoms with van der Waals surface area (Å²) in [6.45, 7) is 3.54. The fourth-order valence-electron chi connectivity index (χ4n) is 5.35. The van der Waals surface area contributed by atoms with Gasteiger partial charge in [-0.3, -0.25) is 0 Å². The van der Waals surface area contributed by atoms with Crippen LogP contribution in [-0.4, -0.2) is 39.2 Å². The summed E-state index contributed by atoms with van der Waals surface area (Å²) in [5, 5.41) is 13.0. The molecule has 4 nitrogen and oxygen atoms in total. The molecule has 1 aliphatic heterocycles. The molecule has 0 aliphatic carbocycles. The predicted molar refractivity (Wildman–Crippen MR) is 147 cm³/mol. The van der Waals surface area contributed by atoms with Crippen LogP contribution in [-0.2, 0) is 12.1 Å². The molecule has 0 radical (unpaired) electrons. The summed E-state index contributed by atoms with van der Waals surface area (Å²) in [4.78, 5) is 6.84. The Balaban J connectivity index is 1.26. The second-order valence-electron chi connectivity index (χ2n) is 9.61. The average Bonchev–Trinajstić information content (AvgIpc) is 3.39. The van der Waals surface area contributed by atoms with Crippen molar-refractivity contribution in [3.63, 3.8) is 0 Å². The van der Waals surface area contributed by atoms with Crippen molar-refractivity contribution in [1.29, 1.82) is 0 Å². The predicted octanol–water partition coefficient (Wildman–Crippen LogP) is 7.01. The van der Waals surface area contributed by atoms with E-state index in [-0.39, 0.29) is 5.92 Å². The molecule has 36 heavy (non-hydrogen) atoms. The van der Waals surface area contributed by atoms with Gasteiger partial charge in [-0.05, 0) is 54.6 Å². The van der Waals surface area contributed by atoms with Crippen LogP contribution in [0, 0.1) is 0 Å². The zero-order valence-electron chi connectivity index (χ0n) is 20.2. The van der Waals surface area contributed by atoms with Crippen molar-refractivity contribution in [2.75, 3.05) is 19.6 Å². The molecule has 2 unspecified atom stereocenters. The number of likely N-dealkylation sites (tertiary alicyclic amines) is 1. The maximum Gasteiger partial charge on any atom is 0.0989 e. The van der Waals surface area contributed by atoms with Crippen LogP contribution in [0.5, 0.6) is 0 Å². The summed E-state index contributed by atoms with van der Waals surface area (Å²) in [5.74, 6) is -0.0956. The summed E-state index contributed by atoms with van der Waals surface area (Å²) in [6, 6.07) is 26.2. The molecule has 0 bridgehead atoms. The molecule has 2 heterocycles. The van der Waals surface area contributed by atoms with Crippen molar-refractivity contribution in [2.24, 2.45) is 0 Å². The molecule has 0 spiro atoms. The third-order valence-corrected chi connectivity index (χ3v) is 8.09. The Morgan fingerprint density at radius 3 is 2.36 bits per heavy atom. The van der Waals surface area contributed by atoms with Crippen molar-refractivity contribution in [3.05, 3.63) is 113 Å². The van der Waals surface area contributed by atoms with Crippen molar-refractivity contribution in [1.82, 2.24) is 14.5 Å². The van der Waals surface area contributed by atoms with Crippen molar-refractivity contribution in [3.8, 4) is 11.3 Å². The van der Waals surface area contributed by atoms with Crippen LogP contribution < -0.4 is 0 Å². The molecule has 1 aromatic heterocycles. The highest BCUT2D eigenvalue weighted by atomic mass is 35.5. The monoisotopic (exact) mass is 519 g/mol. The van der Waals surface area contributed by atoms with Gasteiger partial charge in [-0.2, -0.15) is 0 Å². The lowest BCUT2D eigenvalue weighted by atomic mass is 9.72. The van der Waals surface area contributed by atoms with Crippen LogP contribution in [0.1, 0.15) is 36.3 Å². The molecule has 1 saturated heterocycles. The molecule has 0 saturated carbocycles. The summed E-state index contributed by atoms with van der Waals surface area (Å²) >= 11 is 12.6. The molecule has 1 aliphatic rings. The van der Waals surface area contributed by atoms with Crippen molar-refractivity contribution < 1.29 is 5.11 Å². The number of aryl methyl sites for hydroxylation is 1. The van der Waals surface area contributed by atoms with Gasteiger partial charge in [0.2, 0.25) is 0 Å². The molecule has 4 aromatic rings. The van der Waals surface area contributed by atoms with E-state index in [0.29, 0.717) is 16.5 Å². The molecule has 2 atom stereocenters. The number of nitrogens with zero attached hydrogens (tertiary/aromatic N) is 3. The Kier molecular flexibility index (Phi) is 7.78. The Labute approximate surface area is 223 Å². The van der Waals surface area contributed by atoms with Gasteiger partial charge >= 0.3 is 0 Å². The van der Waals surface area contributed by atoms with E-state index in [1.165, 1.54) is 5.56 Å². The summed E-state index contributed by atoms with van der Waals surface area (Å²) < 4.78 is 2.23. The smallest absolute Gasteiger partial charge is 0.0989 e. The fourth-order valence-corrected chi connectivity index (χ4v) is 5.66. The second-order valence-corrected chi connectivity index (χ2v) is 10.4. The highest BCUT2D eigenvalue weighted by Gasteiger charge is 2.43. The standard InChI is InChI=1S/C30H31Cl2N3O/c31-27-14-13-24(19-28(27)32)26-21-34(18-15-30(26,36)25-11-5-2-6-12-25)16-7-8-17-35-22-33-20-29(35)23-9-3-1-4-10-23/h1-6,9-14,19-20,22,26,36H,7-8,15-18,21H2. The highest BCUT2D eigenvalue weighted by molar-refractivity contribution is 6.42. The Hall–Kier alpha value is -2.63. The molecular weight excluding hydrogens is 489 g/mol. The van der Waals surface area contributed by atoms with E-state index in [1.807, 2.05) is 67.1 Å². The third kappa shape index (κ3) is 5.37. The maximum absolute atomic E-state index is 12.0. The first-order valence-corrected chi connectivity index (χ1v) is 13.3. The molecule has 6 heteroatoms. The highest BCUT2D eigenvalue weighted by Crippen LogP contribution is 2.44. The number of hydrogen-bond donors (Lipinski definition) is 1. The number of halogens is 2. The van der Waals surface area contributed by atoms with E-state index in [2.05, 4.69) is 38.7 Å². The van der Waals surface area contributed by atoms with Gasteiger partial charge in [0.05, 0.1) is 33.9 Å². The van der Waals surface area contributed by atoms with E-state index in [4.69, 9.17) is 23.2 Å². The lowest BCUT2D eigenvalue weighted by Gasteiger charge is -2.45. The zero-order valence-corrected chi connectivity index (χ0v) is 21.7. The topological polar surface area (TPSA) is 41.3 Å². The van der Waals surface area contributed by atoms with Crippen LogP contribution in [0.15, 0.2) is 91.4 Å². The van der Waals surface area contributed by atoms with E-state index >= 15 is 0 Å². The number of imidazole rings is 1. The first-order valence-electron chi connectivity index (χ1n) is 12.6. The van der Waals surface area contributed by atoms with Crippen LogP contribution >= 0.6 is 23.2 Å². The molecule has 3 aromatic carbocycles. The summed E-state index contributed by atoms with van der Waals surface area (Å²) in [6.07, 6.45) is 6.66. The number of aromatic nitrogens is 2. The normalized spacial score (nSPS) is 20.5. The van der Waals surface area contributed by atoms with Gasteiger partial charge < -0.3 is 14.6 Å². The number of aliphatic hydroxyl groups is 1. The Morgan fingerprint density at radius 2 is 1.61 bits per heavy atom. The maximum atomic E-state index is 12.0. The minimum absolute atomic E-state index is 0.0956. The van der Waals surface area contributed by atoms with Gasteiger partial charge in [0.1, 0.15) is 0 Å². The molecule has 1 fully saturated rings. The first kappa shape index (κ1) is 25.0. The molecule has 1 N–H and O–H groups in total. The molecular formula is C30H31Cl2N3O. The van der Waals surface area contributed by atoms with E-state index < -0.39 is 5.60 Å². The van der Waals surface area contributed by atoms with Gasteiger partial charge in [-0.25, -0.2) is 4.98 Å². The number of unbranched alkanes of at least 4 members (excludes halogenated alkanes) is 1. The van der Waals surface area contributed by atoms with Gasteiger partial charge in [0.15, 0.2) is 0 Å². The number of hydrogen-bond acceptors (Lipinski definition) is 3. The van der Waals surface area contributed by atoms with Crippen LogP contribution in [0.4, 0.5) is 0 Å². The SMILES string of the molecule is OC1(c2ccccc2)CCN(CCCCn2cncc2-c2ccccc2)CC1c1ccc(Cl)c(Cl)c1. The van der Waals surface area contributed by atoms with Gasteiger partial charge in [-0.1, -0.05) is 89.9 Å². The zero-order chi connectivity index (χ0) is 25.0. The van der Waals surface area contributed by atoms with E-state index in [1.54, 1.807) is 0 Å². The fraction of sp³-hybridized carbons (Fsp3) is 0.300. The Bertz CT molecular complexity index is 1280. The van der Waals surface area contributed by atoms with Crippen molar-refractivity contribution in [2.45, 2.75) is 37.3 Å². The van der Waals surface area contributed by atoms with E-state index in [0.717, 1.165) is 55.8 Å². The number of benzene rings is 3. The minimum atomic E-state index is -0.948. The number of piperidine rings is 1. The molecule has 0 amide bonds. The average molecular weight is 521 g/mol. The van der Waals surface area contributed by atoms with Crippen molar-refractivity contribution >= 4 is 23.2 Å². The number of rotatable bonds is 8. The summed E-state index contributed by atoms with van der Waals surface area (Å²) in [5.41, 5.74) is 3.37. The first-order chi connectivity index (χ1) is 17.5. The quantitative estimate of drug-likeness (QED) is 0.254. The lowest BCUT2D eigenvalue weighted by Crippen LogP contribution is -2.48. The third-order valence-electron chi connectivity index (χ3n) is 7.35. The second kappa shape index (κ2) is 11.2. The van der Waals surface area contributed by atoms with Crippen LogP contribution in [0.25, 0.3) is 11.3 Å². The van der Waals surface area contributed by atoms with Crippen LogP contribution in [0.3, 0.4) is 0 Å². The lowest BCUT2D eigenvalue weighted by molar-refractivity contribution is -0.0473. The van der Waals surface area contributed by atoms with Gasteiger partial charge in [0, 0.05) is 25.6 Å². The largest absolute Gasteiger partial charge is 0.384 e. The summed E-state index contributed by atoms with van der Waals surface area (Å²) in [7, 11) is 0. The molecule has 186 valence electrons. The minimum Gasteiger partial charge on any atom is -0.384 e.